The summed E-state index contributed by atoms with van der Waals surface area (Å²) in [6, 6.07) is 5.29. The lowest BCUT2D eigenvalue weighted by molar-refractivity contribution is 0.0919. The van der Waals surface area contributed by atoms with Crippen molar-refractivity contribution in [1.82, 2.24) is 10.2 Å². The predicted octanol–water partition coefficient (Wildman–Crippen LogP) is 2.53. The van der Waals surface area contributed by atoms with Crippen LogP contribution in [-0.4, -0.2) is 44.1 Å². The Hall–Kier alpha value is -1.07. The Morgan fingerprint density at radius 2 is 2.05 bits per heavy atom. The molecule has 19 heavy (non-hydrogen) atoms. The summed E-state index contributed by atoms with van der Waals surface area (Å²) in [5.74, 6) is 0.628. The predicted molar refractivity (Wildman–Crippen MR) is 80.8 cm³/mol. The highest BCUT2D eigenvalue weighted by Crippen LogP contribution is 2.25. The second-order valence-corrected chi connectivity index (χ2v) is 6.09. The van der Waals surface area contributed by atoms with Gasteiger partial charge in [-0.05, 0) is 62.1 Å². The topological polar surface area (TPSA) is 41.6 Å². The maximum atomic E-state index is 12.1. The molecule has 0 heterocycles. The number of hydrogen-bond donors (Lipinski definition) is 1. The zero-order valence-electron chi connectivity index (χ0n) is 12.1. The zero-order valence-corrected chi connectivity index (χ0v) is 13.7. The summed E-state index contributed by atoms with van der Waals surface area (Å²) < 4.78 is 5.91. The maximum Gasteiger partial charge on any atom is 0.251 e. The van der Waals surface area contributed by atoms with Crippen molar-refractivity contribution in [2.45, 2.75) is 19.4 Å². The number of nitrogens with zero attached hydrogens (tertiary/aromatic N) is 1. The molecule has 0 saturated carbocycles. The summed E-state index contributed by atoms with van der Waals surface area (Å²) in [7, 11) is 5.59. The lowest BCUT2D eigenvalue weighted by atomic mass is 10.0. The summed E-state index contributed by atoms with van der Waals surface area (Å²) >= 11 is 3.38. The van der Waals surface area contributed by atoms with Crippen LogP contribution in [-0.2, 0) is 0 Å². The zero-order chi connectivity index (χ0) is 14.6. The highest BCUT2D eigenvalue weighted by molar-refractivity contribution is 9.10. The van der Waals surface area contributed by atoms with Crippen molar-refractivity contribution >= 4 is 21.8 Å². The lowest BCUT2D eigenvalue weighted by Gasteiger charge is -2.32. The van der Waals surface area contributed by atoms with Crippen LogP contribution in [0.25, 0.3) is 0 Å². The standard InChI is InChI=1S/C14H21BrN2O2/c1-14(2,17(3)4)9-16-13(18)10-6-7-12(19-5)11(15)8-10/h6-8H,9H2,1-5H3,(H,16,18). The van der Waals surface area contributed by atoms with Crippen LogP contribution in [0.1, 0.15) is 24.2 Å². The molecule has 0 saturated heterocycles. The van der Waals surface area contributed by atoms with E-state index in [1.807, 2.05) is 14.1 Å². The van der Waals surface area contributed by atoms with E-state index in [9.17, 15) is 4.79 Å². The van der Waals surface area contributed by atoms with Gasteiger partial charge in [0.05, 0.1) is 11.6 Å². The van der Waals surface area contributed by atoms with E-state index in [-0.39, 0.29) is 11.4 Å². The number of nitrogens with one attached hydrogen (secondary N) is 1. The Morgan fingerprint density at radius 3 is 2.53 bits per heavy atom. The van der Waals surface area contributed by atoms with E-state index in [0.717, 1.165) is 4.47 Å². The SMILES string of the molecule is COc1ccc(C(=O)NCC(C)(C)N(C)C)cc1Br. The normalized spacial score (nSPS) is 11.5. The molecule has 0 spiro atoms. The van der Waals surface area contributed by atoms with Gasteiger partial charge in [-0.25, -0.2) is 0 Å². The monoisotopic (exact) mass is 328 g/mol. The van der Waals surface area contributed by atoms with Gasteiger partial charge in [0.1, 0.15) is 5.75 Å². The van der Waals surface area contributed by atoms with Crippen LogP contribution >= 0.6 is 15.9 Å². The van der Waals surface area contributed by atoms with Gasteiger partial charge < -0.3 is 15.0 Å². The molecule has 4 nitrogen and oxygen atoms in total. The highest BCUT2D eigenvalue weighted by Gasteiger charge is 2.21. The number of ether oxygens (including phenoxy) is 1. The van der Waals surface area contributed by atoms with Crippen molar-refractivity contribution in [3.8, 4) is 5.75 Å². The number of likely N-dealkylation sites (N-methyl/N-ethyl adjacent to an activating group) is 1. The minimum absolute atomic E-state index is 0.0840. The fourth-order valence-corrected chi connectivity index (χ4v) is 1.91. The molecule has 0 aromatic heterocycles. The average molecular weight is 329 g/mol. The van der Waals surface area contributed by atoms with E-state index in [4.69, 9.17) is 4.74 Å². The third-order valence-electron chi connectivity index (χ3n) is 3.31. The summed E-state index contributed by atoms with van der Waals surface area (Å²) in [4.78, 5) is 14.2. The summed E-state index contributed by atoms with van der Waals surface area (Å²) in [5.41, 5.74) is 0.529. The molecule has 1 amide bonds. The Labute approximate surface area is 123 Å². The van der Waals surface area contributed by atoms with Gasteiger partial charge in [0.2, 0.25) is 0 Å². The van der Waals surface area contributed by atoms with E-state index in [1.165, 1.54) is 0 Å². The molecular formula is C14H21BrN2O2. The number of amides is 1. The third-order valence-corrected chi connectivity index (χ3v) is 3.93. The van der Waals surface area contributed by atoms with Crippen molar-refractivity contribution in [3.63, 3.8) is 0 Å². The Balaban J connectivity index is 2.72. The van der Waals surface area contributed by atoms with Gasteiger partial charge >= 0.3 is 0 Å². The number of methoxy groups -OCH3 is 1. The van der Waals surface area contributed by atoms with Crippen LogP contribution in [0.4, 0.5) is 0 Å². The average Bonchev–Trinajstić information content (AvgIpc) is 2.35. The summed E-state index contributed by atoms with van der Waals surface area (Å²) in [6.07, 6.45) is 0. The number of carbonyl (C=O) groups excluding carboxylic acids is 1. The van der Waals surface area contributed by atoms with Gasteiger partial charge in [-0.3, -0.25) is 4.79 Å². The minimum atomic E-state index is -0.0849. The first-order chi connectivity index (χ1) is 8.77. The Kier molecular flexibility index (Phi) is 5.38. The number of benzene rings is 1. The molecule has 1 rings (SSSR count). The first-order valence-corrected chi connectivity index (χ1v) is 6.86. The Morgan fingerprint density at radius 1 is 1.42 bits per heavy atom. The van der Waals surface area contributed by atoms with E-state index >= 15 is 0 Å². The van der Waals surface area contributed by atoms with E-state index in [2.05, 4.69) is 40.0 Å². The van der Waals surface area contributed by atoms with Gasteiger partial charge in [0.25, 0.3) is 5.91 Å². The van der Waals surface area contributed by atoms with Gasteiger partial charge in [0, 0.05) is 17.6 Å². The fraction of sp³-hybridized carbons (Fsp3) is 0.500. The molecule has 1 aromatic rings. The lowest BCUT2D eigenvalue weighted by Crippen LogP contribution is -2.48. The number of carbonyl (C=O) groups is 1. The molecule has 0 atom stereocenters. The Bertz CT molecular complexity index is 459. The summed E-state index contributed by atoms with van der Waals surface area (Å²) in [5, 5.41) is 2.94. The van der Waals surface area contributed by atoms with Crippen LogP contribution in [0.2, 0.25) is 0 Å². The molecule has 0 radical (unpaired) electrons. The second-order valence-electron chi connectivity index (χ2n) is 5.24. The van der Waals surface area contributed by atoms with Gasteiger partial charge in [0.15, 0.2) is 0 Å². The van der Waals surface area contributed by atoms with E-state index < -0.39 is 0 Å². The van der Waals surface area contributed by atoms with Crippen molar-refractivity contribution in [3.05, 3.63) is 28.2 Å². The number of hydrogen-bond acceptors (Lipinski definition) is 3. The molecule has 0 aliphatic heterocycles. The molecule has 106 valence electrons. The maximum absolute atomic E-state index is 12.1. The van der Waals surface area contributed by atoms with Crippen molar-refractivity contribution < 1.29 is 9.53 Å². The smallest absolute Gasteiger partial charge is 0.251 e. The largest absolute Gasteiger partial charge is 0.496 e. The summed E-state index contributed by atoms with van der Waals surface area (Å²) in [6.45, 7) is 4.75. The number of halogens is 1. The van der Waals surface area contributed by atoms with Crippen LogP contribution in [0.3, 0.4) is 0 Å². The molecule has 1 aromatic carbocycles. The molecular weight excluding hydrogens is 308 g/mol. The molecule has 0 unspecified atom stereocenters. The van der Waals surface area contributed by atoms with Crippen LogP contribution < -0.4 is 10.1 Å². The molecule has 1 N–H and O–H groups in total. The van der Waals surface area contributed by atoms with E-state index in [1.54, 1.807) is 25.3 Å². The fourth-order valence-electron chi connectivity index (χ4n) is 1.36. The first-order valence-electron chi connectivity index (χ1n) is 6.07. The second kappa shape index (κ2) is 6.39. The van der Waals surface area contributed by atoms with Crippen molar-refractivity contribution in [2.24, 2.45) is 0 Å². The van der Waals surface area contributed by atoms with Crippen LogP contribution in [0.5, 0.6) is 5.75 Å². The van der Waals surface area contributed by atoms with Crippen molar-refractivity contribution in [1.29, 1.82) is 0 Å². The van der Waals surface area contributed by atoms with Crippen LogP contribution in [0.15, 0.2) is 22.7 Å². The highest BCUT2D eigenvalue weighted by atomic mass is 79.9. The minimum Gasteiger partial charge on any atom is -0.496 e. The third kappa shape index (κ3) is 4.21. The first kappa shape index (κ1) is 16.0. The number of rotatable bonds is 5. The van der Waals surface area contributed by atoms with E-state index in [0.29, 0.717) is 17.9 Å². The van der Waals surface area contributed by atoms with Gasteiger partial charge in [-0.2, -0.15) is 0 Å². The molecule has 0 fully saturated rings. The molecule has 5 heteroatoms. The quantitative estimate of drug-likeness (QED) is 0.903. The molecule has 0 aliphatic carbocycles. The van der Waals surface area contributed by atoms with Crippen molar-refractivity contribution in [2.75, 3.05) is 27.7 Å². The van der Waals surface area contributed by atoms with Gasteiger partial charge in [-0.15, -0.1) is 0 Å². The van der Waals surface area contributed by atoms with Gasteiger partial charge in [-0.1, -0.05) is 0 Å². The van der Waals surface area contributed by atoms with Crippen LogP contribution in [0, 0.1) is 0 Å². The molecule has 0 bridgehead atoms. The molecule has 0 aliphatic rings.